The molecule has 1 atom stereocenters. The van der Waals surface area contributed by atoms with Crippen LogP contribution in [0.1, 0.15) is 26.2 Å². The van der Waals surface area contributed by atoms with Crippen LogP contribution in [0.3, 0.4) is 0 Å². The molecule has 1 fully saturated rings. The van der Waals surface area contributed by atoms with E-state index in [0.29, 0.717) is 0 Å². The molecular weight excluding hydrogens is 324 g/mol. The lowest BCUT2D eigenvalue weighted by molar-refractivity contribution is -0.384. The molecule has 2 rings (SSSR count). The zero-order chi connectivity index (χ0) is 18.4. The van der Waals surface area contributed by atoms with Crippen LogP contribution in [-0.2, 0) is 4.79 Å². The van der Waals surface area contributed by atoms with Crippen LogP contribution in [0.5, 0.6) is 5.75 Å². The molecule has 0 aromatic heterocycles. The van der Waals surface area contributed by atoms with Gasteiger partial charge < -0.3 is 15.0 Å². The van der Waals surface area contributed by atoms with Gasteiger partial charge in [-0.05, 0) is 32.3 Å². The van der Waals surface area contributed by atoms with Gasteiger partial charge in [-0.15, -0.1) is 0 Å². The number of rotatable bonds is 5. The largest absolute Gasteiger partial charge is 0.494 e. The third-order valence-electron chi connectivity index (χ3n) is 4.16. The van der Waals surface area contributed by atoms with E-state index in [2.05, 4.69) is 12.2 Å². The van der Waals surface area contributed by atoms with E-state index < -0.39 is 10.8 Å². The first kappa shape index (κ1) is 18.3. The van der Waals surface area contributed by atoms with Crippen molar-refractivity contribution >= 4 is 17.3 Å². The summed E-state index contributed by atoms with van der Waals surface area (Å²) < 4.78 is 5.09. The number of benzene rings is 1. The summed E-state index contributed by atoms with van der Waals surface area (Å²) in [5.74, 6) is -0.418. The smallest absolute Gasteiger partial charge is 0.273 e. The highest BCUT2D eigenvalue weighted by atomic mass is 16.6. The Kier molecular flexibility index (Phi) is 5.95. The van der Waals surface area contributed by atoms with Crippen LogP contribution in [0.4, 0.5) is 11.4 Å². The van der Waals surface area contributed by atoms with Gasteiger partial charge >= 0.3 is 0 Å². The van der Waals surface area contributed by atoms with Crippen LogP contribution in [0.2, 0.25) is 0 Å². The highest BCUT2D eigenvalue weighted by Crippen LogP contribution is 2.29. The maximum absolute atomic E-state index is 12.4. The topological polar surface area (TPSA) is 108 Å². The quantitative estimate of drug-likeness (QED) is 0.381. The van der Waals surface area contributed by atoms with E-state index in [0.717, 1.165) is 25.8 Å². The van der Waals surface area contributed by atoms with Crippen molar-refractivity contribution in [2.45, 2.75) is 32.2 Å². The number of non-ortho nitro benzene ring substituents is 1. The first-order valence-electron chi connectivity index (χ1n) is 7.97. The second-order valence-electron chi connectivity index (χ2n) is 5.83. The summed E-state index contributed by atoms with van der Waals surface area (Å²) in [4.78, 5) is 24.7. The number of piperidine rings is 1. The minimum atomic E-state index is -0.576. The molecule has 8 nitrogen and oxygen atoms in total. The molecule has 132 valence electrons. The van der Waals surface area contributed by atoms with Gasteiger partial charge in [0.05, 0.1) is 23.8 Å². The van der Waals surface area contributed by atoms with E-state index in [1.807, 2.05) is 11.0 Å². The number of nitro benzene ring substituents is 1. The third-order valence-corrected chi connectivity index (χ3v) is 4.16. The molecule has 0 saturated carbocycles. The Labute approximate surface area is 145 Å². The van der Waals surface area contributed by atoms with Gasteiger partial charge in [-0.1, -0.05) is 0 Å². The first-order chi connectivity index (χ1) is 12.0. The molecule has 1 N–H and O–H groups in total. The van der Waals surface area contributed by atoms with Gasteiger partial charge in [-0.3, -0.25) is 14.9 Å². The fraction of sp³-hybridized carbons (Fsp3) is 0.412. The summed E-state index contributed by atoms with van der Waals surface area (Å²) in [5.41, 5.74) is 0.105. The van der Waals surface area contributed by atoms with Gasteiger partial charge in [0, 0.05) is 24.9 Å². The fourth-order valence-corrected chi connectivity index (χ4v) is 2.70. The van der Waals surface area contributed by atoms with E-state index >= 15 is 0 Å². The lowest BCUT2D eigenvalue weighted by atomic mass is 10.0. The van der Waals surface area contributed by atoms with Crippen molar-refractivity contribution in [2.75, 3.05) is 19.0 Å². The lowest BCUT2D eigenvalue weighted by Crippen LogP contribution is -2.34. The van der Waals surface area contributed by atoms with E-state index in [1.165, 1.54) is 25.3 Å². The van der Waals surface area contributed by atoms with Crippen molar-refractivity contribution in [1.82, 2.24) is 4.90 Å². The molecule has 1 aromatic rings. The Bertz CT molecular complexity index is 739. The van der Waals surface area contributed by atoms with E-state index in [1.54, 1.807) is 6.20 Å². The molecule has 1 amide bonds. The SMILES string of the molecule is COc1cc([N+](=O)[O-])ccc1NC(=O)/C(C#N)=C\N1CCCCC1C. The summed E-state index contributed by atoms with van der Waals surface area (Å²) >= 11 is 0. The summed E-state index contributed by atoms with van der Waals surface area (Å²) in [6, 6.07) is 6.06. The Balaban J connectivity index is 2.19. The Morgan fingerprint density at radius 2 is 2.28 bits per heavy atom. The lowest BCUT2D eigenvalue weighted by Gasteiger charge is -2.32. The maximum atomic E-state index is 12.4. The summed E-state index contributed by atoms with van der Waals surface area (Å²) in [6.07, 6.45) is 4.76. The number of nitrogens with zero attached hydrogens (tertiary/aromatic N) is 3. The second kappa shape index (κ2) is 8.15. The highest BCUT2D eigenvalue weighted by Gasteiger charge is 2.20. The third kappa shape index (κ3) is 4.47. The Hall–Kier alpha value is -3.08. The number of nitro groups is 1. The molecule has 0 bridgehead atoms. The minimum absolute atomic E-state index is 0.0193. The predicted octanol–water partition coefficient (Wildman–Crippen LogP) is 2.82. The number of methoxy groups -OCH3 is 1. The molecule has 1 aliphatic heterocycles. The maximum Gasteiger partial charge on any atom is 0.273 e. The molecule has 25 heavy (non-hydrogen) atoms. The van der Waals surface area contributed by atoms with Gasteiger partial charge in [0.2, 0.25) is 0 Å². The monoisotopic (exact) mass is 344 g/mol. The van der Waals surface area contributed by atoms with Crippen LogP contribution >= 0.6 is 0 Å². The summed E-state index contributed by atoms with van der Waals surface area (Å²) in [7, 11) is 1.35. The molecule has 1 heterocycles. The van der Waals surface area contributed by atoms with E-state index in [9.17, 15) is 20.2 Å². The average Bonchev–Trinajstić information content (AvgIpc) is 2.61. The van der Waals surface area contributed by atoms with Crippen molar-refractivity contribution in [3.05, 3.63) is 40.1 Å². The van der Waals surface area contributed by atoms with Gasteiger partial charge in [0.1, 0.15) is 17.4 Å². The van der Waals surface area contributed by atoms with Gasteiger partial charge in [0.25, 0.3) is 11.6 Å². The van der Waals surface area contributed by atoms with Gasteiger partial charge in [0.15, 0.2) is 0 Å². The first-order valence-corrected chi connectivity index (χ1v) is 7.97. The molecule has 0 spiro atoms. The Morgan fingerprint density at radius 1 is 1.52 bits per heavy atom. The minimum Gasteiger partial charge on any atom is -0.494 e. The Morgan fingerprint density at radius 3 is 2.88 bits per heavy atom. The molecule has 0 radical (unpaired) electrons. The molecule has 1 aliphatic rings. The fourth-order valence-electron chi connectivity index (χ4n) is 2.70. The standard InChI is InChI=1S/C17H20N4O4/c1-12-5-3-4-8-20(12)11-13(10-18)17(22)19-15-7-6-14(21(23)24)9-16(15)25-2/h6-7,9,11-12H,3-5,8H2,1-2H3,(H,19,22)/b13-11-. The number of hydrogen-bond acceptors (Lipinski definition) is 6. The van der Waals surface area contributed by atoms with Crippen LogP contribution in [-0.4, -0.2) is 35.4 Å². The van der Waals surface area contributed by atoms with E-state index in [4.69, 9.17) is 4.74 Å². The number of carbonyl (C=O) groups is 1. The number of ether oxygens (including phenoxy) is 1. The van der Waals surface area contributed by atoms with Crippen LogP contribution in [0, 0.1) is 21.4 Å². The van der Waals surface area contributed by atoms with Crippen molar-refractivity contribution < 1.29 is 14.5 Å². The van der Waals surface area contributed by atoms with Crippen molar-refractivity contribution in [3.8, 4) is 11.8 Å². The number of anilines is 1. The number of amides is 1. The van der Waals surface area contributed by atoms with Crippen LogP contribution in [0.15, 0.2) is 30.0 Å². The molecule has 0 aliphatic carbocycles. The van der Waals surface area contributed by atoms with Crippen molar-refractivity contribution in [3.63, 3.8) is 0 Å². The average molecular weight is 344 g/mol. The normalized spacial score (nSPS) is 17.6. The number of nitrogens with one attached hydrogen (secondary N) is 1. The van der Waals surface area contributed by atoms with Crippen LogP contribution in [0.25, 0.3) is 0 Å². The molecule has 8 heteroatoms. The van der Waals surface area contributed by atoms with Crippen molar-refractivity contribution in [1.29, 1.82) is 5.26 Å². The predicted molar refractivity (Wildman–Crippen MR) is 92.0 cm³/mol. The molecule has 1 aromatic carbocycles. The zero-order valence-corrected chi connectivity index (χ0v) is 14.2. The summed E-state index contributed by atoms with van der Waals surface area (Å²) in [5, 5.41) is 22.7. The molecular formula is C17H20N4O4. The number of likely N-dealkylation sites (tertiary alicyclic amines) is 1. The molecule has 1 saturated heterocycles. The van der Waals surface area contributed by atoms with Gasteiger partial charge in [-0.25, -0.2) is 0 Å². The highest BCUT2D eigenvalue weighted by molar-refractivity contribution is 6.07. The van der Waals surface area contributed by atoms with Crippen LogP contribution < -0.4 is 10.1 Å². The second-order valence-corrected chi connectivity index (χ2v) is 5.83. The summed E-state index contributed by atoms with van der Waals surface area (Å²) in [6.45, 7) is 2.86. The van der Waals surface area contributed by atoms with E-state index in [-0.39, 0.29) is 28.7 Å². The number of hydrogen-bond donors (Lipinski definition) is 1. The van der Waals surface area contributed by atoms with Gasteiger partial charge in [-0.2, -0.15) is 5.26 Å². The van der Waals surface area contributed by atoms with Crippen molar-refractivity contribution in [2.24, 2.45) is 0 Å². The number of nitriles is 1. The molecule has 1 unspecified atom stereocenters. The number of carbonyl (C=O) groups excluding carboxylic acids is 1. The zero-order valence-electron chi connectivity index (χ0n) is 14.2.